The van der Waals surface area contributed by atoms with E-state index in [2.05, 4.69) is 18.2 Å². The van der Waals surface area contributed by atoms with Crippen molar-refractivity contribution < 1.29 is 9.90 Å². The number of carboxylic acid groups (broad SMARTS) is 1. The molecule has 82 valence electrons. The van der Waals surface area contributed by atoms with Crippen LogP contribution in [-0.2, 0) is 10.5 Å². The second-order valence-corrected chi connectivity index (χ2v) is 4.49. The van der Waals surface area contributed by atoms with Gasteiger partial charge in [-0.05, 0) is 16.3 Å². The first-order valence-corrected chi connectivity index (χ1v) is 6.17. The minimum absolute atomic E-state index is 0.0449. The number of benzene rings is 2. The summed E-state index contributed by atoms with van der Waals surface area (Å²) in [6, 6.07) is 14.2. The van der Waals surface area contributed by atoms with Gasteiger partial charge in [-0.2, -0.15) is 11.8 Å². The summed E-state index contributed by atoms with van der Waals surface area (Å²) < 4.78 is 0. The quantitative estimate of drug-likeness (QED) is 0.806. The summed E-state index contributed by atoms with van der Waals surface area (Å²) in [6.07, 6.45) is 0. The van der Waals surface area contributed by atoms with Crippen molar-refractivity contribution in [2.45, 2.75) is 5.75 Å². The van der Waals surface area contributed by atoms with E-state index in [0.29, 0.717) is 5.75 Å². The maximum Gasteiger partial charge on any atom is 0.0513 e. The predicted molar refractivity (Wildman–Crippen MR) is 65.1 cm³/mol. The number of fused-ring (bicyclic) bond motifs is 1. The molecule has 0 saturated heterocycles. The summed E-state index contributed by atoms with van der Waals surface area (Å²) in [5, 5.41) is 12.7. The van der Waals surface area contributed by atoms with Crippen LogP contribution >= 0.6 is 11.8 Å². The van der Waals surface area contributed by atoms with E-state index in [4.69, 9.17) is 0 Å². The van der Waals surface area contributed by atoms with Gasteiger partial charge >= 0.3 is 0 Å². The van der Waals surface area contributed by atoms with Gasteiger partial charge in [-0.15, -0.1) is 0 Å². The van der Waals surface area contributed by atoms with E-state index in [1.54, 1.807) is 0 Å². The smallest absolute Gasteiger partial charge is 0.0513 e. The fourth-order valence-electron chi connectivity index (χ4n) is 1.66. The molecular weight excluding hydrogens is 220 g/mol. The fraction of sp³-hybridized carbons (Fsp3) is 0.154. The predicted octanol–water partition coefficient (Wildman–Crippen LogP) is 1.82. The number of rotatable bonds is 4. The molecule has 2 aromatic rings. The highest BCUT2D eigenvalue weighted by Gasteiger charge is 1.99. The van der Waals surface area contributed by atoms with Gasteiger partial charge in [0.15, 0.2) is 0 Å². The highest BCUT2D eigenvalue weighted by Crippen LogP contribution is 2.22. The van der Waals surface area contributed by atoms with Gasteiger partial charge in [-0.3, -0.25) is 0 Å². The molecule has 3 heteroatoms. The lowest BCUT2D eigenvalue weighted by atomic mass is 10.1. The number of carboxylic acids is 1. The Morgan fingerprint density at radius 1 is 1.12 bits per heavy atom. The molecule has 0 fully saturated rings. The van der Waals surface area contributed by atoms with E-state index >= 15 is 0 Å². The Morgan fingerprint density at radius 3 is 2.69 bits per heavy atom. The molecule has 0 aliphatic heterocycles. The van der Waals surface area contributed by atoms with E-state index in [1.807, 2.05) is 24.3 Å². The maximum absolute atomic E-state index is 10.3. The van der Waals surface area contributed by atoms with Gasteiger partial charge in [-0.25, -0.2) is 0 Å². The topological polar surface area (TPSA) is 40.1 Å². The Labute approximate surface area is 98.3 Å². The molecule has 0 aromatic heterocycles. The third-order valence-corrected chi connectivity index (χ3v) is 3.31. The number of carbonyl (C=O) groups excluding carboxylic acids is 1. The zero-order valence-corrected chi connectivity index (χ0v) is 9.50. The summed E-state index contributed by atoms with van der Waals surface area (Å²) >= 11 is 1.37. The summed E-state index contributed by atoms with van der Waals surface area (Å²) in [5.41, 5.74) is 1.17. The lowest BCUT2D eigenvalue weighted by Gasteiger charge is -2.06. The van der Waals surface area contributed by atoms with E-state index in [0.717, 1.165) is 0 Å². The molecule has 0 atom stereocenters. The van der Waals surface area contributed by atoms with Crippen molar-refractivity contribution in [3.63, 3.8) is 0 Å². The Bertz CT molecular complexity index is 503. The van der Waals surface area contributed by atoms with Crippen LogP contribution in [0.25, 0.3) is 10.8 Å². The average molecular weight is 231 g/mol. The summed E-state index contributed by atoms with van der Waals surface area (Å²) in [4.78, 5) is 10.3. The third-order valence-electron chi connectivity index (χ3n) is 2.36. The Hall–Kier alpha value is -1.48. The number of aliphatic carboxylic acids is 1. The number of carbonyl (C=O) groups is 1. The zero-order chi connectivity index (χ0) is 11.4. The fourth-order valence-corrected chi connectivity index (χ4v) is 2.40. The maximum atomic E-state index is 10.3. The zero-order valence-electron chi connectivity index (χ0n) is 8.68. The van der Waals surface area contributed by atoms with Crippen LogP contribution in [0.1, 0.15) is 5.56 Å². The van der Waals surface area contributed by atoms with E-state index < -0.39 is 5.97 Å². The third kappa shape index (κ3) is 2.55. The minimum atomic E-state index is -1.01. The van der Waals surface area contributed by atoms with E-state index in [1.165, 1.54) is 28.1 Å². The second kappa shape index (κ2) is 5.03. The number of hydrogen-bond donors (Lipinski definition) is 0. The van der Waals surface area contributed by atoms with Gasteiger partial charge < -0.3 is 9.90 Å². The molecule has 2 nitrogen and oxygen atoms in total. The lowest BCUT2D eigenvalue weighted by Crippen LogP contribution is -2.24. The van der Waals surface area contributed by atoms with Crippen LogP contribution in [0, 0.1) is 0 Å². The molecule has 0 radical (unpaired) electrons. The Kier molecular flexibility index (Phi) is 3.47. The van der Waals surface area contributed by atoms with Crippen molar-refractivity contribution in [3.8, 4) is 0 Å². The van der Waals surface area contributed by atoms with Crippen molar-refractivity contribution in [2.24, 2.45) is 0 Å². The molecule has 2 rings (SSSR count). The number of thioether (sulfide) groups is 1. The minimum Gasteiger partial charge on any atom is -0.549 e. The van der Waals surface area contributed by atoms with Crippen LogP contribution in [0.15, 0.2) is 42.5 Å². The first-order chi connectivity index (χ1) is 7.77. The van der Waals surface area contributed by atoms with Gasteiger partial charge in [0.25, 0.3) is 0 Å². The molecule has 0 aliphatic rings. The van der Waals surface area contributed by atoms with Gasteiger partial charge in [0, 0.05) is 11.5 Å². The number of hydrogen-bond acceptors (Lipinski definition) is 3. The molecule has 0 bridgehead atoms. The van der Waals surface area contributed by atoms with Crippen molar-refractivity contribution in [1.29, 1.82) is 0 Å². The van der Waals surface area contributed by atoms with E-state index in [9.17, 15) is 9.90 Å². The largest absolute Gasteiger partial charge is 0.549 e. The molecule has 0 aliphatic carbocycles. The van der Waals surface area contributed by atoms with Crippen molar-refractivity contribution in [3.05, 3.63) is 48.0 Å². The summed E-state index contributed by atoms with van der Waals surface area (Å²) in [7, 11) is 0. The molecule has 0 saturated carbocycles. The van der Waals surface area contributed by atoms with Gasteiger partial charge in [0.1, 0.15) is 0 Å². The Balaban J connectivity index is 2.20. The lowest BCUT2D eigenvalue weighted by molar-refractivity contribution is -0.301. The van der Waals surface area contributed by atoms with E-state index in [-0.39, 0.29) is 5.75 Å². The van der Waals surface area contributed by atoms with Gasteiger partial charge in [-0.1, -0.05) is 42.5 Å². The van der Waals surface area contributed by atoms with Crippen molar-refractivity contribution in [1.82, 2.24) is 0 Å². The van der Waals surface area contributed by atoms with Crippen LogP contribution in [0.5, 0.6) is 0 Å². The van der Waals surface area contributed by atoms with Gasteiger partial charge in [0.2, 0.25) is 0 Å². The molecule has 0 heterocycles. The standard InChI is InChI=1S/C13H12O2S/c14-13(15)9-16-8-11-6-3-5-10-4-1-2-7-12(10)11/h1-7H,8-9H2,(H,14,15)/p-1. The van der Waals surface area contributed by atoms with Crippen molar-refractivity contribution >= 4 is 28.5 Å². The van der Waals surface area contributed by atoms with Crippen molar-refractivity contribution in [2.75, 3.05) is 5.75 Å². The summed E-state index contributed by atoms with van der Waals surface area (Å²) in [6.45, 7) is 0. The molecule has 2 aromatic carbocycles. The van der Waals surface area contributed by atoms with Crippen LogP contribution in [-0.4, -0.2) is 11.7 Å². The monoisotopic (exact) mass is 231 g/mol. The normalized spacial score (nSPS) is 10.5. The average Bonchev–Trinajstić information content (AvgIpc) is 2.29. The first kappa shape index (κ1) is 11.0. The van der Waals surface area contributed by atoms with Gasteiger partial charge in [0.05, 0.1) is 5.97 Å². The molecule has 0 N–H and O–H groups in total. The molecule has 0 spiro atoms. The summed E-state index contributed by atoms with van der Waals surface area (Å²) in [5.74, 6) is -0.260. The molecule has 0 amide bonds. The van der Waals surface area contributed by atoms with Crippen LogP contribution in [0.2, 0.25) is 0 Å². The second-order valence-electron chi connectivity index (χ2n) is 3.50. The Morgan fingerprint density at radius 2 is 1.88 bits per heavy atom. The van der Waals surface area contributed by atoms with Crippen LogP contribution in [0.3, 0.4) is 0 Å². The highest BCUT2D eigenvalue weighted by molar-refractivity contribution is 7.99. The SMILES string of the molecule is O=C([O-])CSCc1cccc2ccccc12. The first-order valence-electron chi connectivity index (χ1n) is 5.01. The molecular formula is C13H11O2S-. The molecule has 16 heavy (non-hydrogen) atoms. The molecule has 0 unspecified atom stereocenters. The highest BCUT2D eigenvalue weighted by atomic mass is 32.2. The van der Waals surface area contributed by atoms with Crippen LogP contribution in [0.4, 0.5) is 0 Å². The van der Waals surface area contributed by atoms with Crippen LogP contribution < -0.4 is 5.11 Å².